The van der Waals surface area contributed by atoms with Crippen LogP contribution in [-0.2, 0) is 24.1 Å². The van der Waals surface area contributed by atoms with Crippen molar-refractivity contribution in [1.29, 1.82) is 0 Å². The Labute approximate surface area is 241 Å². The van der Waals surface area contributed by atoms with Crippen LogP contribution in [0.2, 0.25) is 0 Å². The van der Waals surface area contributed by atoms with Crippen molar-refractivity contribution in [3.05, 3.63) is 107 Å². The van der Waals surface area contributed by atoms with Gasteiger partial charge in [0, 0.05) is 17.4 Å². The van der Waals surface area contributed by atoms with E-state index in [1.807, 2.05) is 0 Å². The number of hydrogen-bond donors (Lipinski definition) is 0. The molecule has 4 rings (SSSR count). The summed E-state index contributed by atoms with van der Waals surface area (Å²) in [5.41, 5.74) is 0.133. The van der Waals surface area contributed by atoms with E-state index in [-0.39, 0.29) is 22.3 Å². The van der Waals surface area contributed by atoms with E-state index in [1.165, 1.54) is 24.3 Å². The smallest absolute Gasteiger partial charge is 0.338 e. The fraction of sp³-hybridized carbons (Fsp3) is 0.200. The fourth-order valence-corrected chi connectivity index (χ4v) is 4.86. The number of fused-ring (bicyclic) bond motifs is 1. The third-order valence-corrected chi connectivity index (χ3v) is 7.35. The van der Waals surface area contributed by atoms with E-state index < -0.39 is 76.6 Å². The van der Waals surface area contributed by atoms with Gasteiger partial charge in [0.2, 0.25) is 0 Å². The molecular formula is C30H25NO10S. The van der Waals surface area contributed by atoms with Gasteiger partial charge < -0.3 is 9.47 Å². The predicted molar refractivity (Wildman–Crippen MR) is 148 cm³/mol. The molecule has 11 nitrogen and oxygen atoms in total. The second kappa shape index (κ2) is 12.7. The molecule has 1 atom stereocenters. The van der Waals surface area contributed by atoms with Crippen LogP contribution in [0.3, 0.4) is 0 Å². The number of ketones is 2. The van der Waals surface area contributed by atoms with Gasteiger partial charge in [-0.15, -0.1) is 0 Å². The van der Waals surface area contributed by atoms with E-state index in [0.717, 1.165) is 12.3 Å². The normalized spacial score (nSPS) is 13.3. The molecule has 0 aliphatic carbocycles. The van der Waals surface area contributed by atoms with Crippen LogP contribution in [-0.4, -0.2) is 79.9 Å². The highest BCUT2D eigenvalue weighted by molar-refractivity contribution is 7.90. The van der Waals surface area contributed by atoms with Gasteiger partial charge in [-0.1, -0.05) is 60.7 Å². The zero-order chi connectivity index (χ0) is 30.4. The van der Waals surface area contributed by atoms with Gasteiger partial charge in [-0.05, 0) is 24.6 Å². The maximum absolute atomic E-state index is 13.3. The minimum absolute atomic E-state index is 0.124. The lowest BCUT2D eigenvalue weighted by Gasteiger charge is -2.24. The van der Waals surface area contributed by atoms with E-state index in [1.54, 1.807) is 48.5 Å². The number of rotatable bonds is 12. The highest BCUT2D eigenvalue weighted by atomic mass is 32.2. The molecule has 1 aliphatic rings. The molecule has 0 radical (unpaired) electrons. The number of imide groups is 1. The number of Topliss-reactive ketones (excluding diaryl/α,β-unsaturated/α-hetero) is 2. The molecule has 0 bridgehead atoms. The summed E-state index contributed by atoms with van der Waals surface area (Å²) in [6.07, 6.45) is 0.455. The maximum atomic E-state index is 13.3. The Morgan fingerprint density at radius 2 is 1.24 bits per heavy atom. The van der Waals surface area contributed by atoms with Crippen molar-refractivity contribution < 1.29 is 46.7 Å². The molecule has 0 spiro atoms. The molecule has 0 fully saturated rings. The number of hydrogen-bond acceptors (Lipinski definition) is 10. The first-order valence-electron chi connectivity index (χ1n) is 12.7. The molecular weight excluding hydrogens is 566 g/mol. The van der Waals surface area contributed by atoms with Gasteiger partial charge >= 0.3 is 11.9 Å². The molecule has 0 unspecified atom stereocenters. The molecule has 2 amide bonds. The summed E-state index contributed by atoms with van der Waals surface area (Å²) in [5, 5.41) is 0. The first-order valence-corrected chi connectivity index (χ1v) is 14.7. The third-order valence-electron chi connectivity index (χ3n) is 6.37. The monoisotopic (exact) mass is 591 g/mol. The van der Waals surface area contributed by atoms with E-state index >= 15 is 0 Å². The second-order valence-corrected chi connectivity index (χ2v) is 11.7. The first-order chi connectivity index (χ1) is 20.0. The van der Waals surface area contributed by atoms with Crippen molar-refractivity contribution in [2.45, 2.75) is 12.5 Å². The van der Waals surface area contributed by atoms with E-state index in [9.17, 15) is 37.2 Å². The molecule has 12 heteroatoms. The highest BCUT2D eigenvalue weighted by Crippen LogP contribution is 2.28. The lowest BCUT2D eigenvalue weighted by molar-refractivity contribution is -0.147. The average Bonchev–Trinajstić information content (AvgIpc) is 3.23. The van der Waals surface area contributed by atoms with E-state index in [4.69, 9.17) is 9.47 Å². The number of nitrogens with zero attached hydrogens (tertiary/aromatic N) is 1. The average molecular weight is 592 g/mol. The SMILES string of the molecule is CS(=O)(=O)CC[C@@H](C(=O)OCC(=O)c1ccccc1)N1C(=O)c2ccc(C(=O)OCC(=O)c3ccccc3)cc2C1=O. The molecule has 3 aromatic rings. The maximum Gasteiger partial charge on any atom is 0.338 e. The summed E-state index contributed by atoms with van der Waals surface area (Å²) in [4.78, 5) is 77.4. The molecule has 0 aromatic heterocycles. The van der Waals surface area contributed by atoms with Crippen LogP contribution in [0.15, 0.2) is 78.9 Å². The van der Waals surface area contributed by atoms with Crippen molar-refractivity contribution in [3.8, 4) is 0 Å². The third kappa shape index (κ3) is 7.02. The van der Waals surface area contributed by atoms with Crippen LogP contribution in [0.4, 0.5) is 0 Å². The topological polar surface area (TPSA) is 158 Å². The van der Waals surface area contributed by atoms with Gasteiger partial charge in [0.15, 0.2) is 24.8 Å². The van der Waals surface area contributed by atoms with Crippen molar-refractivity contribution in [3.63, 3.8) is 0 Å². The van der Waals surface area contributed by atoms with Crippen LogP contribution >= 0.6 is 0 Å². The summed E-state index contributed by atoms with van der Waals surface area (Å²) in [7, 11) is -3.62. The minimum Gasteiger partial charge on any atom is -0.456 e. The zero-order valence-corrected chi connectivity index (χ0v) is 23.2. The second-order valence-electron chi connectivity index (χ2n) is 9.44. The van der Waals surface area contributed by atoms with Crippen molar-refractivity contribution in [1.82, 2.24) is 4.90 Å². The number of amides is 2. The van der Waals surface area contributed by atoms with Gasteiger partial charge in [-0.25, -0.2) is 18.0 Å². The number of sulfone groups is 1. The Morgan fingerprint density at radius 3 is 1.79 bits per heavy atom. The van der Waals surface area contributed by atoms with E-state index in [0.29, 0.717) is 10.5 Å². The number of ether oxygens (including phenoxy) is 2. The molecule has 42 heavy (non-hydrogen) atoms. The Kier molecular flexibility index (Phi) is 9.06. The number of benzene rings is 3. The largest absolute Gasteiger partial charge is 0.456 e. The van der Waals surface area contributed by atoms with Crippen molar-refractivity contribution in [2.24, 2.45) is 0 Å². The van der Waals surface area contributed by atoms with Crippen LogP contribution < -0.4 is 0 Å². The highest BCUT2D eigenvalue weighted by Gasteiger charge is 2.44. The van der Waals surface area contributed by atoms with Crippen molar-refractivity contribution >= 4 is 45.2 Å². The predicted octanol–water partition coefficient (Wildman–Crippen LogP) is 2.55. The molecule has 3 aromatic carbocycles. The number of carbonyl (C=O) groups is 6. The van der Waals surface area contributed by atoms with Gasteiger partial charge in [0.05, 0.1) is 22.4 Å². The summed E-state index contributed by atoms with van der Waals surface area (Å²) in [6, 6.07) is 18.0. The van der Waals surface area contributed by atoms with Gasteiger partial charge in [-0.3, -0.25) is 24.1 Å². The summed E-state index contributed by atoms with van der Waals surface area (Å²) in [6.45, 7) is -1.25. The number of esters is 2. The van der Waals surface area contributed by atoms with Gasteiger partial charge in [0.25, 0.3) is 11.8 Å². The van der Waals surface area contributed by atoms with Crippen LogP contribution in [0.1, 0.15) is 58.2 Å². The Morgan fingerprint density at radius 1 is 0.714 bits per heavy atom. The molecule has 1 heterocycles. The van der Waals surface area contributed by atoms with Gasteiger partial charge in [0.1, 0.15) is 15.9 Å². The van der Waals surface area contributed by atoms with Crippen LogP contribution in [0.5, 0.6) is 0 Å². The molecule has 0 N–H and O–H groups in total. The molecule has 0 saturated carbocycles. The summed E-state index contributed by atoms with van der Waals surface area (Å²) >= 11 is 0. The Bertz CT molecular complexity index is 1670. The molecule has 0 saturated heterocycles. The lowest BCUT2D eigenvalue weighted by Crippen LogP contribution is -2.46. The van der Waals surface area contributed by atoms with Crippen LogP contribution in [0, 0.1) is 0 Å². The molecule has 216 valence electrons. The standard InChI is InChI=1S/C30H25NO10S/c1-42(38,39)15-14-24(30(37)41-18-26(33)20-10-6-3-7-11-20)31-27(34)22-13-12-21(16-23(22)28(31)35)29(36)40-17-25(32)19-8-4-2-5-9-19/h2-13,16,24H,14-15,17-18H2,1H3/t24-/m0/s1. The zero-order valence-electron chi connectivity index (χ0n) is 22.3. The molecule has 1 aliphatic heterocycles. The Hall–Kier alpha value is -4.97. The van der Waals surface area contributed by atoms with Crippen molar-refractivity contribution in [2.75, 3.05) is 25.2 Å². The Balaban J connectivity index is 1.50. The lowest BCUT2D eigenvalue weighted by atomic mass is 10.1. The van der Waals surface area contributed by atoms with Crippen LogP contribution in [0.25, 0.3) is 0 Å². The number of carbonyl (C=O) groups excluding carboxylic acids is 6. The summed E-state index contributed by atoms with van der Waals surface area (Å²) in [5.74, 6) is -5.47. The van der Waals surface area contributed by atoms with E-state index in [2.05, 4.69) is 0 Å². The minimum atomic E-state index is -3.62. The first kappa shape index (κ1) is 30.0. The van der Waals surface area contributed by atoms with Gasteiger partial charge in [-0.2, -0.15) is 0 Å². The quantitative estimate of drug-likeness (QED) is 0.174. The summed E-state index contributed by atoms with van der Waals surface area (Å²) < 4.78 is 33.9. The fourth-order valence-electron chi connectivity index (χ4n) is 4.21.